The highest BCUT2D eigenvalue weighted by Crippen LogP contribution is 2.18. The van der Waals surface area contributed by atoms with E-state index in [9.17, 15) is 14.7 Å². The van der Waals surface area contributed by atoms with Crippen LogP contribution in [0.5, 0.6) is 0 Å². The fourth-order valence-electron chi connectivity index (χ4n) is 1.69. The Morgan fingerprint density at radius 2 is 2.19 bits per heavy atom. The Morgan fingerprint density at radius 3 is 2.81 bits per heavy atom. The highest BCUT2D eigenvalue weighted by molar-refractivity contribution is 5.97. The molecule has 2 aromatic heterocycles. The van der Waals surface area contributed by atoms with Gasteiger partial charge in [-0.15, -0.1) is 0 Å². The van der Waals surface area contributed by atoms with E-state index in [4.69, 9.17) is 9.63 Å². The van der Waals surface area contributed by atoms with Crippen LogP contribution < -0.4 is 5.32 Å². The normalized spacial score (nSPS) is 13.9. The first-order valence-electron chi connectivity index (χ1n) is 6.33. The van der Waals surface area contributed by atoms with Crippen LogP contribution >= 0.6 is 0 Å². The lowest BCUT2D eigenvalue weighted by Crippen LogP contribution is -2.46. The molecule has 2 aromatic rings. The highest BCUT2D eigenvalue weighted by Gasteiger charge is 2.30. The molecular weight excluding hydrogens is 278 g/mol. The second-order valence-corrected chi connectivity index (χ2v) is 4.82. The zero-order valence-corrected chi connectivity index (χ0v) is 11.6. The predicted octanol–water partition coefficient (Wildman–Crippen LogP) is 0.351. The van der Waals surface area contributed by atoms with Crippen LogP contribution in [0.4, 0.5) is 0 Å². The van der Waals surface area contributed by atoms with Crippen molar-refractivity contribution in [2.24, 2.45) is 0 Å². The van der Waals surface area contributed by atoms with E-state index in [-0.39, 0.29) is 5.56 Å². The quantitative estimate of drug-likeness (QED) is 0.726. The number of pyridine rings is 1. The van der Waals surface area contributed by atoms with E-state index in [1.54, 1.807) is 6.07 Å². The molecule has 0 aromatic carbocycles. The second kappa shape index (κ2) is 5.49. The predicted molar refractivity (Wildman–Crippen MR) is 71.8 cm³/mol. The van der Waals surface area contributed by atoms with Gasteiger partial charge in [-0.2, -0.15) is 0 Å². The molecule has 1 amide bonds. The zero-order valence-electron chi connectivity index (χ0n) is 11.6. The number of carbonyl (C=O) groups excluding carboxylic acids is 1. The summed E-state index contributed by atoms with van der Waals surface area (Å²) in [5.41, 5.74) is -0.772. The molecule has 0 aliphatic heterocycles. The highest BCUT2D eigenvalue weighted by atomic mass is 16.5. The van der Waals surface area contributed by atoms with Crippen molar-refractivity contribution in [1.29, 1.82) is 0 Å². The molecule has 0 aliphatic carbocycles. The van der Waals surface area contributed by atoms with E-state index < -0.39 is 24.0 Å². The van der Waals surface area contributed by atoms with E-state index in [1.807, 2.05) is 6.92 Å². The van der Waals surface area contributed by atoms with Crippen LogP contribution in [0.3, 0.4) is 0 Å². The van der Waals surface area contributed by atoms with Crippen molar-refractivity contribution in [1.82, 2.24) is 15.5 Å². The molecule has 2 heterocycles. The average molecular weight is 293 g/mol. The van der Waals surface area contributed by atoms with Gasteiger partial charge in [-0.25, -0.2) is 9.78 Å². The first-order valence-corrected chi connectivity index (χ1v) is 6.33. The average Bonchev–Trinajstić information content (AvgIpc) is 2.86. The van der Waals surface area contributed by atoms with Crippen LogP contribution in [0.15, 0.2) is 16.8 Å². The summed E-state index contributed by atoms with van der Waals surface area (Å²) in [5, 5.41) is 25.2. The minimum atomic E-state index is -2.03. The van der Waals surface area contributed by atoms with Crippen molar-refractivity contribution in [2.75, 3.05) is 6.54 Å². The summed E-state index contributed by atoms with van der Waals surface area (Å²) in [6, 6.07) is 1.57. The Hall–Kier alpha value is -2.48. The van der Waals surface area contributed by atoms with Gasteiger partial charge in [-0.05, 0) is 19.4 Å². The monoisotopic (exact) mass is 293 g/mol. The molecule has 21 heavy (non-hydrogen) atoms. The van der Waals surface area contributed by atoms with Crippen LogP contribution in [0.2, 0.25) is 0 Å². The van der Waals surface area contributed by atoms with Crippen molar-refractivity contribution in [2.45, 2.75) is 25.9 Å². The smallest absolute Gasteiger partial charge is 0.337 e. The summed E-state index contributed by atoms with van der Waals surface area (Å²) in [4.78, 5) is 26.7. The molecule has 0 fully saturated rings. The summed E-state index contributed by atoms with van der Waals surface area (Å²) >= 11 is 0. The third kappa shape index (κ3) is 3.00. The van der Waals surface area contributed by atoms with Crippen LogP contribution in [-0.4, -0.2) is 44.4 Å². The minimum Gasteiger partial charge on any atom is -0.479 e. The Bertz CT molecular complexity index is 692. The summed E-state index contributed by atoms with van der Waals surface area (Å²) in [6.07, 6.45) is 1.94. The molecule has 3 N–H and O–H groups in total. The maximum absolute atomic E-state index is 12.0. The Kier molecular flexibility index (Phi) is 3.90. The molecular formula is C13H15N3O5. The van der Waals surface area contributed by atoms with Gasteiger partial charge in [0.1, 0.15) is 0 Å². The third-order valence-corrected chi connectivity index (χ3v) is 3.06. The topological polar surface area (TPSA) is 126 Å². The zero-order chi connectivity index (χ0) is 15.6. The van der Waals surface area contributed by atoms with Crippen molar-refractivity contribution in [3.8, 4) is 0 Å². The summed E-state index contributed by atoms with van der Waals surface area (Å²) in [5.74, 6) is -1.95. The molecule has 1 unspecified atom stereocenters. The van der Waals surface area contributed by atoms with Gasteiger partial charge >= 0.3 is 5.97 Å². The second-order valence-electron chi connectivity index (χ2n) is 4.82. The number of amides is 1. The lowest BCUT2D eigenvalue weighted by Gasteiger charge is -2.18. The van der Waals surface area contributed by atoms with Gasteiger partial charge in [0.25, 0.3) is 11.6 Å². The maximum atomic E-state index is 12.0. The number of carboxylic acids is 1. The number of rotatable bonds is 5. The van der Waals surface area contributed by atoms with Crippen molar-refractivity contribution >= 4 is 23.0 Å². The molecule has 2 rings (SSSR count). The number of aliphatic hydroxyl groups is 1. The Morgan fingerprint density at radius 1 is 1.48 bits per heavy atom. The minimum absolute atomic E-state index is 0.238. The van der Waals surface area contributed by atoms with Gasteiger partial charge in [0.15, 0.2) is 5.60 Å². The summed E-state index contributed by atoms with van der Waals surface area (Å²) < 4.78 is 5.01. The maximum Gasteiger partial charge on any atom is 0.337 e. The van der Waals surface area contributed by atoms with E-state index in [2.05, 4.69) is 15.5 Å². The Balaban J connectivity index is 2.18. The number of hydrogen-bond donors (Lipinski definition) is 3. The number of hydrogen-bond acceptors (Lipinski definition) is 6. The number of carbonyl (C=O) groups is 2. The molecule has 1 atom stereocenters. The van der Waals surface area contributed by atoms with Crippen LogP contribution in [0.25, 0.3) is 11.1 Å². The summed E-state index contributed by atoms with van der Waals surface area (Å²) in [6.45, 7) is 2.59. The van der Waals surface area contributed by atoms with Crippen molar-refractivity contribution < 1.29 is 24.3 Å². The number of nitrogens with one attached hydrogen (secondary N) is 1. The number of fused-ring (bicyclic) bond motifs is 1. The molecule has 0 radical (unpaired) electrons. The van der Waals surface area contributed by atoms with E-state index in [0.717, 1.165) is 6.92 Å². The van der Waals surface area contributed by atoms with Gasteiger partial charge in [0.2, 0.25) is 0 Å². The van der Waals surface area contributed by atoms with E-state index in [0.29, 0.717) is 23.2 Å². The number of carboxylic acid groups (broad SMARTS) is 1. The van der Waals surface area contributed by atoms with Crippen LogP contribution in [-0.2, 0) is 11.2 Å². The summed E-state index contributed by atoms with van der Waals surface area (Å²) in [7, 11) is 0. The number of aromatic nitrogens is 2. The van der Waals surface area contributed by atoms with Gasteiger partial charge < -0.3 is 20.1 Å². The van der Waals surface area contributed by atoms with Gasteiger partial charge in [-0.1, -0.05) is 12.1 Å². The molecule has 8 nitrogen and oxygen atoms in total. The molecule has 0 spiro atoms. The third-order valence-electron chi connectivity index (χ3n) is 3.06. The molecule has 0 saturated carbocycles. The lowest BCUT2D eigenvalue weighted by atomic mass is 10.1. The number of aryl methyl sites for hydroxylation is 1. The molecule has 8 heteroatoms. The van der Waals surface area contributed by atoms with E-state index in [1.165, 1.54) is 6.20 Å². The standard InChI is InChI=1S/C13H15N3O5/c1-3-9-8-4-7(5-14-11(8)21-16-9)10(17)15-6-13(2,20)12(18)19/h4-5,20H,3,6H2,1-2H3,(H,15,17)(H,18,19). The van der Waals surface area contributed by atoms with Crippen LogP contribution in [0.1, 0.15) is 29.9 Å². The van der Waals surface area contributed by atoms with Crippen molar-refractivity contribution in [3.63, 3.8) is 0 Å². The van der Waals surface area contributed by atoms with Gasteiger partial charge in [0.05, 0.1) is 23.2 Å². The number of aliphatic carboxylic acids is 1. The van der Waals surface area contributed by atoms with Gasteiger partial charge in [0, 0.05) is 6.20 Å². The van der Waals surface area contributed by atoms with Crippen LogP contribution in [0, 0.1) is 0 Å². The fourth-order valence-corrected chi connectivity index (χ4v) is 1.69. The Labute approximate surface area is 119 Å². The molecule has 0 aliphatic rings. The molecule has 0 saturated heterocycles. The molecule has 0 bridgehead atoms. The van der Waals surface area contributed by atoms with Crippen molar-refractivity contribution in [3.05, 3.63) is 23.5 Å². The fraction of sp³-hybridized carbons (Fsp3) is 0.385. The van der Waals surface area contributed by atoms with Gasteiger partial charge in [-0.3, -0.25) is 4.79 Å². The first kappa shape index (κ1) is 14.9. The molecule has 112 valence electrons. The largest absolute Gasteiger partial charge is 0.479 e. The lowest BCUT2D eigenvalue weighted by molar-refractivity contribution is -0.155. The number of nitrogens with zero attached hydrogens (tertiary/aromatic N) is 2. The SMILES string of the molecule is CCc1noc2ncc(C(=O)NCC(C)(O)C(=O)O)cc12. The first-order chi connectivity index (χ1) is 9.85. The van der Waals surface area contributed by atoms with E-state index >= 15 is 0 Å².